The van der Waals surface area contributed by atoms with Crippen molar-refractivity contribution < 1.29 is 38.9 Å². The predicted molar refractivity (Wildman–Crippen MR) is 146 cm³/mol. The van der Waals surface area contributed by atoms with Crippen LogP contribution in [0.2, 0.25) is 0 Å². The number of hydrogen-bond donors (Lipinski definition) is 5. The van der Waals surface area contributed by atoms with E-state index in [-0.39, 0.29) is 13.0 Å². The third kappa shape index (κ3) is 8.29. The topological polar surface area (TPSA) is 172 Å². The highest BCUT2D eigenvalue weighted by Gasteiger charge is 2.31. The van der Waals surface area contributed by atoms with E-state index < -0.39 is 42.0 Å². The Labute approximate surface area is 231 Å². The third-order valence-corrected chi connectivity index (χ3v) is 5.78. The number of carbonyl (C=O) groups is 3. The number of hydrogen-bond acceptors (Lipinski definition) is 9. The summed E-state index contributed by atoms with van der Waals surface area (Å²) in [5.74, 6) is -1.28. The van der Waals surface area contributed by atoms with E-state index >= 15 is 0 Å². The molecule has 12 heteroatoms. The molecule has 1 heterocycles. The van der Waals surface area contributed by atoms with Crippen molar-refractivity contribution >= 4 is 34.8 Å². The first kappa shape index (κ1) is 30.1. The van der Waals surface area contributed by atoms with Crippen LogP contribution in [0.25, 0.3) is 17.0 Å². The largest absolute Gasteiger partial charge is 0.493 e. The fourth-order valence-corrected chi connectivity index (χ4v) is 3.91. The summed E-state index contributed by atoms with van der Waals surface area (Å²) < 4.78 is 16.7. The van der Waals surface area contributed by atoms with E-state index in [0.29, 0.717) is 22.8 Å². The minimum atomic E-state index is -1.23. The van der Waals surface area contributed by atoms with Crippen LogP contribution in [0, 0.1) is 5.92 Å². The van der Waals surface area contributed by atoms with E-state index in [2.05, 4.69) is 15.5 Å². The van der Waals surface area contributed by atoms with Gasteiger partial charge in [0.25, 0.3) is 5.91 Å². The Morgan fingerprint density at radius 1 is 1.12 bits per heavy atom. The molecule has 2 amide bonds. The highest BCUT2D eigenvalue weighted by molar-refractivity contribution is 5.91. The Hall–Kier alpha value is -4.42. The second-order valence-corrected chi connectivity index (χ2v) is 9.93. The molecule has 0 unspecified atom stereocenters. The molecule has 0 radical (unpaired) electrons. The highest BCUT2D eigenvalue weighted by Crippen LogP contribution is 2.30. The van der Waals surface area contributed by atoms with Gasteiger partial charge in [-0.15, -0.1) is 0 Å². The molecule has 1 aromatic heterocycles. The number of nitrogens with one attached hydrogen (secondary N) is 3. The number of hydroxylamine groups is 1. The van der Waals surface area contributed by atoms with Gasteiger partial charge in [0.1, 0.15) is 11.6 Å². The number of nitrogens with zero attached hydrogens (tertiary/aromatic N) is 1. The van der Waals surface area contributed by atoms with Crippen LogP contribution in [0.1, 0.15) is 32.0 Å². The first-order valence-corrected chi connectivity index (χ1v) is 12.5. The van der Waals surface area contributed by atoms with Crippen molar-refractivity contribution in [1.82, 2.24) is 21.0 Å². The van der Waals surface area contributed by atoms with E-state index in [9.17, 15) is 19.5 Å². The number of amides is 2. The van der Waals surface area contributed by atoms with Gasteiger partial charge >= 0.3 is 6.09 Å². The van der Waals surface area contributed by atoms with E-state index in [4.69, 9.17) is 19.4 Å². The molecule has 2 atom stereocenters. The zero-order chi connectivity index (χ0) is 29.3. The number of aromatic nitrogens is 2. The van der Waals surface area contributed by atoms with Gasteiger partial charge < -0.3 is 24.6 Å². The number of carbonyl (C=O) groups excluding carboxylic acids is 3. The summed E-state index contributed by atoms with van der Waals surface area (Å²) in [5, 5.41) is 29.2. The molecule has 0 fully saturated rings. The Bertz CT molecular complexity index is 1360. The number of methoxy groups -OCH3 is 1. The number of aliphatic hydroxyl groups is 1. The lowest BCUT2D eigenvalue weighted by molar-refractivity contribution is -0.127. The number of Topliss-reactive ketones (excluding diaryl/α,β-unsaturated/α-hetero) is 1. The van der Waals surface area contributed by atoms with Crippen LogP contribution in [0.3, 0.4) is 0 Å². The number of fused-ring (bicyclic) bond motifs is 1. The van der Waals surface area contributed by atoms with Crippen LogP contribution < -0.4 is 20.3 Å². The zero-order valence-corrected chi connectivity index (χ0v) is 22.8. The van der Waals surface area contributed by atoms with E-state index in [1.165, 1.54) is 18.7 Å². The summed E-state index contributed by atoms with van der Waals surface area (Å²) in [7, 11) is 1.45. The maximum atomic E-state index is 13.6. The maximum Gasteiger partial charge on any atom is 0.408 e. The molecular formula is C28H34N4O8. The van der Waals surface area contributed by atoms with E-state index in [0.717, 1.165) is 17.0 Å². The molecule has 0 bridgehead atoms. The van der Waals surface area contributed by atoms with Gasteiger partial charge in [-0.1, -0.05) is 24.3 Å². The molecule has 40 heavy (non-hydrogen) atoms. The van der Waals surface area contributed by atoms with Gasteiger partial charge in [-0.05, 0) is 50.6 Å². The average molecular weight is 555 g/mol. The number of aromatic amines is 1. The van der Waals surface area contributed by atoms with Gasteiger partial charge in [-0.25, -0.2) is 10.3 Å². The number of H-pyrrole nitrogens is 1. The van der Waals surface area contributed by atoms with Crippen molar-refractivity contribution in [3.05, 3.63) is 59.8 Å². The van der Waals surface area contributed by atoms with Crippen molar-refractivity contribution in [1.29, 1.82) is 0 Å². The highest BCUT2D eigenvalue weighted by atomic mass is 16.6. The number of para-hydroxylation sites is 1. The molecule has 0 aliphatic rings. The minimum Gasteiger partial charge on any atom is -0.493 e. The summed E-state index contributed by atoms with van der Waals surface area (Å²) in [4.78, 5) is 37.2. The second-order valence-electron chi connectivity index (χ2n) is 9.93. The van der Waals surface area contributed by atoms with Gasteiger partial charge in [0.2, 0.25) is 0 Å². The quantitative estimate of drug-likeness (QED) is 0.128. The molecule has 0 saturated heterocycles. The molecule has 5 N–H and O–H groups in total. The molecule has 3 aromatic rings. The van der Waals surface area contributed by atoms with Crippen molar-refractivity contribution in [3.8, 4) is 11.5 Å². The number of ether oxygens (including phenoxy) is 3. The second kappa shape index (κ2) is 13.6. The van der Waals surface area contributed by atoms with Crippen molar-refractivity contribution in [3.63, 3.8) is 0 Å². The zero-order valence-electron chi connectivity index (χ0n) is 22.8. The van der Waals surface area contributed by atoms with Crippen molar-refractivity contribution in [2.24, 2.45) is 5.92 Å². The SMILES string of the molecule is COc1cc(/C=C/C(=O)NO)ccc1OC[C@H](Cc1[nH]nc2ccccc12)C(=O)[C@H](CO)NC(=O)OC(C)(C)C. The van der Waals surface area contributed by atoms with E-state index in [1.807, 2.05) is 24.3 Å². The van der Waals surface area contributed by atoms with Crippen molar-refractivity contribution in [2.45, 2.75) is 38.8 Å². The first-order valence-electron chi connectivity index (χ1n) is 12.5. The van der Waals surface area contributed by atoms with Crippen LogP contribution in [0.15, 0.2) is 48.5 Å². The fraction of sp³-hybridized carbons (Fsp3) is 0.357. The standard InChI is InChI=1S/C28H34N4O8/c1-28(2,3)40-27(36)29-22(15-33)26(35)18(14-21-19-7-5-6-8-20(19)30-31-21)16-39-23-11-9-17(13-24(23)38-4)10-12-25(34)32-37/h5-13,18,22,33,37H,14-16H2,1-4H3,(H,29,36)(H,30,31)(H,32,34)/b12-10+/t18-,22-/m0/s1. The van der Waals surface area contributed by atoms with Gasteiger partial charge in [0.05, 0.1) is 31.8 Å². The van der Waals surface area contributed by atoms with Crippen LogP contribution in [0.5, 0.6) is 11.5 Å². The third-order valence-electron chi connectivity index (χ3n) is 5.78. The Balaban J connectivity index is 1.85. The maximum absolute atomic E-state index is 13.6. The number of benzene rings is 2. The van der Waals surface area contributed by atoms with Gasteiger partial charge in [-0.3, -0.25) is 19.9 Å². The van der Waals surface area contributed by atoms with Gasteiger partial charge in [0, 0.05) is 23.6 Å². The summed E-state index contributed by atoms with van der Waals surface area (Å²) >= 11 is 0. The molecule has 12 nitrogen and oxygen atoms in total. The predicted octanol–water partition coefficient (Wildman–Crippen LogP) is 2.78. The molecule has 0 spiro atoms. The first-order chi connectivity index (χ1) is 19.0. The molecular weight excluding hydrogens is 520 g/mol. The Kier molecular flexibility index (Phi) is 10.2. The number of aliphatic hydroxyl groups excluding tert-OH is 1. The average Bonchev–Trinajstić information content (AvgIpc) is 3.34. The molecule has 0 aliphatic carbocycles. The van der Waals surface area contributed by atoms with Gasteiger partial charge in [-0.2, -0.15) is 5.10 Å². The summed E-state index contributed by atoms with van der Waals surface area (Å²) in [6, 6.07) is 11.1. The van der Waals surface area contributed by atoms with Crippen LogP contribution >= 0.6 is 0 Å². The number of rotatable bonds is 12. The normalized spacial score (nSPS) is 13.1. The lowest BCUT2D eigenvalue weighted by Crippen LogP contribution is -2.49. The van der Waals surface area contributed by atoms with Gasteiger partial charge in [0.15, 0.2) is 17.3 Å². The summed E-state index contributed by atoms with van der Waals surface area (Å²) in [5.41, 5.74) is 2.75. The van der Waals surface area contributed by atoms with Crippen LogP contribution in [0.4, 0.5) is 4.79 Å². The smallest absolute Gasteiger partial charge is 0.408 e. The Morgan fingerprint density at radius 3 is 2.55 bits per heavy atom. The molecule has 0 aliphatic heterocycles. The fourth-order valence-electron chi connectivity index (χ4n) is 3.91. The summed E-state index contributed by atoms with van der Waals surface area (Å²) in [6.07, 6.45) is 1.98. The molecule has 214 valence electrons. The monoisotopic (exact) mass is 554 g/mol. The van der Waals surface area contributed by atoms with Crippen LogP contribution in [-0.2, 0) is 20.7 Å². The van der Waals surface area contributed by atoms with E-state index in [1.54, 1.807) is 39.0 Å². The lowest BCUT2D eigenvalue weighted by atomic mass is 9.93. The minimum absolute atomic E-state index is 0.114. The molecule has 2 aromatic carbocycles. The van der Waals surface area contributed by atoms with Crippen LogP contribution in [-0.4, -0.2) is 70.3 Å². The number of alkyl carbamates (subject to hydrolysis) is 1. The van der Waals surface area contributed by atoms with Crippen molar-refractivity contribution in [2.75, 3.05) is 20.3 Å². The molecule has 3 rings (SSSR count). The Morgan fingerprint density at radius 2 is 1.88 bits per heavy atom. The lowest BCUT2D eigenvalue weighted by Gasteiger charge is -2.25. The molecule has 0 saturated carbocycles. The summed E-state index contributed by atoms with van der Waals surface area (Å²) in [6.45, 7) is 4.33. The number of ketones is 1.